The number of rotatable bonds is 4. The lowest BCUT2D eigenvalue weighted by molar-refractivity contribution is -0.140. The minimum absolute atomic E-state index is 0.144. The molecule has 3 N–H and O–H groups in total. The van der Waals surface area contributed by atoms with Gasteiger partial charge in [0.25, 0.3) is 5.91 Å². The third-order valence-electron chi connectivity index (χ3n) is 4.69. The van der Waals surface area contributed by atoms with E-state index in [1.165, 1.54) is 0 Å². The van der Waals surface area contributed by atoms with Crippen LogP contribution in [0.1, 0.15) is 16.6 Å². The fourth-order valence-corrected chi connectivity index (χ4v) is 3.96. The molecule has 2 aliphatic heterocycles. The first kappa shape index (κ1) is 20.7. The highest BCUT2D eigenvalue weighted by atomic mass is 32.2. The number of hydrogen-bond donors (Lipinski definition) is 3. The quantitative estimate of drug-likeness (QED) is 0.639. The number of amides is 1. The average molecular weight is 441 g/mol. The van der Waals surface area contributed by atoms with E-state index in [-0.39, 0.29) is 11.4 Å². The van der Waals surface area contributed by atoms with Gasteiger partial charge in [0.2, 0.25) is 6.23 Å². The van der Waals surface area contributed by atoms with Crippen LogP contribution in [-0.4, -0.2) is 62.8 Å². The first-order valence-corrected chi connectivity index (χ1v) is 9.92. The topological polar surface area (TPSA) is 123 Å². The van der Waals surface area contributed by atoms with Crippen molar-refractivity contribution in [1.29, 1.82) is 0 Å². The number of fused-ring (bicyclic) bond motifs is 1. The van der Waals surface area contributed by atoms with Crippen molar-refractivity contribution in [3.63, 3.8) is 0 Å². The number of hydrogen-bond acceptors (Lipinski definition) is 8. The van der Waals surface area contributed by atoms with E-state index in [1.54, 1.807) is 30.0 Å². The molecule has 12 heteroatoms. The van der Waals surface area contributed by atoms with Gasteiger partial charge in [-0.05, 0) is 24.3 Å². The number of alkyl halides is 2. The second-order valence-electron chi connectivity index (χ2n) is 6.64. The Hall–Kier alpha value is -2.54. The normalized spacial score (nSPS) is 24.7. The number of benzene rings is 1. The van der Waals surface area contributed by atoms with Gasteiger partial charge in [-0.1, -0.05) is 0 Å². The van der Waals surface area contributed by atoms with Crippen LogP contribution < -0.4 is 15.7 Å². The molecule has 3 atom stereocenters. The predicted octanol–water partition coefficient (Wildman–Crippen LogP) is 0.866. The number of aliphatic hydroxyl groups excluding tert-OH is 2. The summed E-state index contributed by atoms with van der Waals surface area (Å²) in [6.07, 6.45) is -4.98. The fraction of sp³-hybridized carbons (Fsp3) is 0.389. The lowest BCUT2D eigenvalue weighted by Crippen LogP contribution is -2.41. The summed E-state index contributed by atoms with van der Waals surface area (Å²) in [5.41, 5.74) is -0.838. The van der Waals surface area contributed by atoms with Crippen LogP contribution in [0.15, 0.2) is 40.2 Å². The molecule has 3 heterocycles. The predicted molar refractivity (Wildman–Crippen MR) is 101 cm³/mol. The van der Waals surface area contributed by atoms with Crippen molar-refractivity contribution in [2.75, 3.05) is 24.3 Å². The minimum atomic E-state index is -3.81. The Morgan fingerprint density at radius 2 is 2.20 bits per heavy atom. The zero-order valence-electron chi connectivity index (χ0n) is 15.3. The van der Waals surface area contributed by atoms with Gasteiger partial charge >= 0.3 is 11.6 Å². The standard InChI is InChI=1S/C18H17F2N3O6S/c19-18(20)14(25)11(8-24)29-16(18)23-4-3-13(22-17(23)27)21-15(26)9-1-2-12-10(7-9)28-5-6-30-12/h1-4,7,11,14,16,24-25H,5-6,8H2,(H,21,22,26,27)/t11-,14-,16?/m1/s1. The maximum absolute atomic E-state index is 14.2. The van der Waals surface area contributed by atoms with E-state index >= 15 is 0 Å². The lowest BCUT2D eigenvalue weighted by atomic mass is 10.1. The van der Waals surface area contributed by atoms with Gasteiger partial charge in [-0.25, -0.2) is 4.79 Å². The first-order valence-electron chi connectivity index (χ1n) is 8.93. The number of nitrogens with one attached hydrogen (secondary N) is 1. The largest absolute Gasteiger partial charge is 0.492 e. The summed E-state index contributed by atoms with van der Waals surface area (Å²) in [4.78, 5) is 29.2. The minimum Gasteiger partial charge on any atom is -0.492 e. The van der Waals surface area contributed by atoms with Crippen LogP contribution in [0, 0.1) is 0 Å². The van der Waals surface area contributed by atoms with Crippen LogP contribution in [0.2, 0.25) is 0 Å². The van der Waals surface area contributed by atoms with Gasteiger partial charge in [0.1, 0.15) is 17.7 Å². The highest BCUT2D eigenvalue weighted by Crippen LogP contribution is 2.42. The summed E-state index contributed by atoms with van der Waals surface area (Å²) < 4.78 is 39.4. The summed E-state index contributed by atoms with van der Waals surface area (Å²) >= 11 is 1.61. The average Bonchev–Trinajstić information content (AvgIpc) is 2.96. The molecule has 0 spiro atoms. The maximum Gasteiger partial charge on any atom is 0.351 e. The second kappa shape index (κ2) is 7.95. The molecule has 0 saturated carbocycles. The highest BCUT2D eigenvalue weighted by molar-refractivity contribution is 7.99. The van der Waals surface area contributed by atoms with Crippen molar-refractivity contribution >= 4 is 23.5 Å². The van der Waals surface area contributed by atoms with Crippen molar-refractivity contribution in [2.45, 2.75) is 29.3 Å². The van der Waals surface area contributed by atoms with Gasteiger partial charge in [0, 0.05) is 22.4 Å². The van der Waals surface area contributed by atoms with E-state index < -0.39 is 42.6 Å². The van der Waals surface area contributed by atoms with E-state index in [4.69, 9.17) is 14.6 Å². The van der Waals surface area contributed by atoms with Crippen molar-refractivity contribution in [3.05, 3.63) is 46.5 Å². The van der Waals surface area contributed by atoms with Gasteiger partial charge in [-0.2, -0.15) is 13.8 Å². The SMILES string of the molecule is O=C(Nc1ccn(C2O[C@H](CO)[C@@H](O)C2(F)F)c(=O)n1)c1ccc2c(c1)OCCS2. The summed E-state index contributed by atoms with van der Waals surface area (Å²) in [7, 11) is 0. The Labute approximate surface area is 172 Å². The molecule has 9 nitrogen and oxygen atoms in total. The zero-order valence-corrected chi connectivity index (χ0v) is 16.1. The summed E-state index contributed by atoms with van der Waals surface area (Å²) in [6, 6.07) is 6.08. The summed E-state index contributed by atoms with van der Waals surface area (Å²) in [5.74, 6) is -3.11. The molecule has 1 amide bonds. The molecule has 1 fully saturated rings. The zero-order chi connectivity index (χ0) is 21.5. The van der Waals surface area contributed by atoms with Crippen LogP contribution in [-0.2, 0) is 4.74 Å². The smallest absolute Gasteiger partial charge is 0.351 e. The molecular weight excluding hydrogens is 424 g/mol. The molecule has 30 heavy (non-hydrogen) atoms. The van der Waals surface area contributed by atoms with Gasteiger partial charge in [-0.15, -0.1) is 11.8 Å². The van der Waals surface area contributed by atoms with Crippen LogP contribution >= 0.6 is 11.8 Å². The van der Waals surface area contributed by atoms with Gasteiger partial charge in [0.05, 0.1) is 13.2 Å². The van der Waals surface area contributed by atoms with Gasteiger partial charge in [0.15, 0.2) is 6.10 Å². The Kier molecular flexibility index (Phi) is 5.49. The van der Waals surface area contributed by atoms with E-state index in [1.807, 2.05) is 0 Å². The van der Waals surface area contributed by atoms with E-state index in [9.17, 15) is 23.5 Å². The van der Waals surface area contributed by atoms with Crippen LogP contribution in [0.5, 0.6) is 5.75 Å². The van der Waals surface area contributed by atoms with Crippen molar-refractivity contribution in [3.8, 4) is 5.75 Å². The third-order valence-corrected chi connectivity index (χ3v) is 5.71. The summed E-state index contributed by atoms with van der Waals surface area (Å²) in [6.45, 7) is -0.311. The number of ether oxygens (including phenoxy) is 2. The number of nitrogens with zero attached hydrogens (tertiary/aromatic N) is 2. The Bertz CT molecular complexity index is 1030. The molecule has 4 rings (SSSR count). The molecule has 160 valence electrons. The molecule has 0 radical (unpaired) electrons. The molecule has 1 saturated heterocycles. The molecule has 1 aromatic carbocycles. The van der Waals surface area contributed by atoms with Crippen LogP contribution in [0.4, 0.5) is 14.6 Å². The molecule has 2 aliphatic rings. The Morgan fingerprint density at radius 3 is 2.90 bits per heavy atom. The number of thioether (sulfide) groups is 1. The second-order valence-corrected chi connectivity index (χ2v) is 7.78. The molecule has 0 aliphatic carbocycles. The molecule has 1 unspecified atom stereocenters. The first-order chi connectivity index (χ1) is 14.3. The highest BCUT2D eigenvalue weighted by Gasteiger charge is 2.59. The molecule has 1 aromatic heterocycles. The number of carbonyl (C=O) groups excluding carboxylic acids is 1. The van der Waals surface area contributed by atoms with E-state index in [0.29, 0.717) is 16.9 Å². The van der Waals surface area contributed by atoms with Crippen molar-refractivity contribution in [2.24, 2.45) is 0 Å². The molecule has 0 bridgehead atoms. The van der Waals surface area contributed by atoms with Gasteiger partial charge in [-0.3, -0.25) is 9.36 Å². The summed E-state index contributed by atoms with van der Waals surface area (Å²) in [5, 5.41) is 21.1. The number of aliphatic hydroxyl groups is 2. The molecular formula is C18H17F2N3O6S. The van der Waals surface area contributed by atoms with Crippen molar-refractivity contribution in [1.82, 2.24) is 9.55 Å². The maximum atomic E-state index is 14.2. The van der Waals surface area contributed by atoms with Crippen LogP contribution in [0.3, 0.4) is 0 Å². The number of halogens is 2. The molecule has 2 aromatic rings. The van der Waals surface area contributed by atoms with Gasteiger partial charge < -0.3 is 25.0 Å². The van der Waals surface area contributed by atoms with Crippen LogP contribution in [0.25, 0.3) is 0 Å². The third kappa shape index (κ3) is 3.67. The number of aromatic nitrogens is 2. The fourth-order valence-electron chi connectivity index (χ4n) is 3.15. The Balaban J connectivity index is 1.53. The number of anilines is 1. The lowest BCUT2D eigenvalue weighted by Gasteiger charge is -2.21. The monoisotopic (exact) mass is 441 g/mol. The Morgan fingerprint density at radius 1 is 1.40 bits per heavy atom. The number of carbonyl (C=O) groups is 1. The van der Waals surface area contributed by atoms with E-state index in [0.717, 1.165) is 22.9 Å². The van der Waals surface area contributed by atoms with E-state index in [2.05, 4.69) is 10.3 Å². The van der Waals surface area contributed by atoms with Crippen molar-refractivity contribution < 1.29 is 33.3 Å².